The van der Waals surface area contributed by atoms with Crippen LogP contribution in [0.15, 0.2) is 65.6 Å². The maximum atomic E-state index is 12.6. The number of anilines is 1. The first-order valence-corrected chi connectivity index (χ1v) is 9.39. The molecule has 142 valence electrons. The predicted octanol–water partition coefficient (Wildman–Crippen LogP) is 3.83. The van der Waals surface area contributed by atoms with E-state index < -0.39 is 0 Å². The van der Waals surface area contributed by atoms with Crippen molar-refractivity contribution in [2.75, 3.05) is 4.90 Å². The lowest BCUT2D eigenvalue weighted by molar-refractivity contribution is 0.660. The van der Waals surface area contributed by atoms with Gasteiger partial charge in [-0.1, -0.05) is 36.4 Å². The van der Waals surface area contributed by atoms with Gasteiger partial charge in [-0.15, -0.1) is 0 Å². The zero-order chi connectivity index (χ0) is 19.7. The van der Waals surface area contributed by atoms with E-state index in [-0.39, 0.29) is 11.6 Å². The highest BCUT2D eigenvalue weighted by Crippen LogP contribution is 2.23. The molecule has 4 rings (SSSR count). The Balaban J connectivity index is 1.78. The molecule has 0 aliphatic carbocycles. The Morgan fingerprint density at radius 1 is 1.07 bits per heavy atom. The molecule has 2 heterocycles. The minimum atomic E-state index is -0.171. The Labute approximate surface area is 163 Å². The second-order valence-corrected chi connectivity index (χ2v) is 7.15. The van der Waals surface area contributed by atoms with Gasteiger partial charge in [-0.3, -0.25) is 4.79 Å². The first-order valence-electron chi connectivity index (χ1n) is 9.39. The van der Waals surface area contributed by atoms with Crippen LogP contribution in [0.5, 0.6) is 0 Å². The van der Waals surface area contributed by atoms with E-state index in [1.807, 2.05) is 42.5 Å². The smallest absolute Gasteiger partial charge is 0.262 e. The number of aryl methyl sites for hydroxylation is 1. The molecule has 0 bridgehead atoms. The van der Waals surface area contributed by atoms with Crippen molar-refractivity contribution in [3.63, 3.8) is 0 Å². The third-order valence-electron chi connectivity index (χ3n) is 4.86. The van der Waals surface area contributed by atoms with E-state index >= 15 is 0 Å². The molecule has 6 heteroatoms. The highest BCUT2D eigenvalue weighted by atomic mass is 16.1. The fraction of sp³-hybridized carbons (Fsp3) is 0.227. The van der Waals surface area contributed by atoms with Crippen LogP contribution in [0.1, 0.15) is 25.2 Å². The van der Waals surface area contributed by atoms with Gasteiger partial charge in [0.25, 0.3) is 5.56 Å². The van der Waals surface area contributed by atoms with Crippen molar-refractivity contribution in [1.29, 1.82) is 0 Å². The number of para-hydroxylation sites is 2. The molecular formula is C22H23N5O. The fourth-order valence-electron chi connectivity index (χ4n) is 3.39. The van der Waals surface area contributed by atoms with Gasteiger partial charge < -0.3 is 9.88 Å². The number of nitrogens with one attached hydrogen (secondary N) is 1. The molecule has 0 amide bonds. The SMILES string of the molecule is Cc1ccccc1N(Cc1nc2c(cnn2-c2ccccc2)c(=O)[nH]1)C(C)C. The van der Waals surface area contributed by atoms with Crippen molar-refractivity contribution < 1.29 is 0 Å². The van der Waals surface area contributed by atoms with E-state index in [0.717, 1.165) is 11.4 Å². The lowest BCUT2D eigenvalue weighted by Gasteiger charge is -2.30. The van der Waals surface area contributed by atoms with Crippen LogP contribution in [0.2, 0.25) is 0 Å². The van der Waals surface area contributed by atoms with Crippen LogP contribution < -0.4 is 10.5 Å². The van der Waals surface area contributed by atoms with Gasteiger partial charge in [-0.2, -0.15) is 5.10 Å². The van der Waals surface area contributed by atoms with Gasteiger partial charge in [-0.25, -0.2) is 9.67 Å². The summed E-state index contributed by atoms with van der Waals surface area (Å²) in [6, 6.07) is 18.2. The zero-order valence-corrected chi connectivity index (χ0v) is 16.3. The lowest BCUT2D eigenvalue weighted by Crippen LogP contribution is -2.32. The van der Waals surface area contributed by atoms with Crippen LogP contribution in [0, 0.1) is 6.92 Å². The normalized spacial score (nSPS) is 11.3. The first kappa shape index (κ1) is 18.0. The second kappa shape index (κ2) is 7.31. The molecule has 0 spiro atoms. The van der Waals surface area contributed by atoms with Crippen LogP contribution in [-0.4, -0.2) is 25.8 Å². The monoisotopic (exact) mass is 373 g/mol. The van der Waals surface area contributed by atoms with Gasteiger partial charge in [-0.05, 0) is 44.5 Å². The van der Waals surface area contributed by atoms with E-state index in [2.05, 4.69) is 47.9 Å². The Kier molecular flexibility index (Phi) is 4.69. The lowest BCUT2D eigenvalue weighted by atomic mass is 10.1. The Hall–Kier alpha value is -3.41. The Bertz CT molecular complexity index is 1160. The summed E-state index contributed by atoms with van der Waals surface area (Å²) in [5, 5.41) is 4.86. The van der Waals surface area contributed by atoms with Crippen molar-refractivity contribution in [2.45, 2.75) is 33.4 Å². The van der Waals surface area contributed by atoms with Crippen molar-refractivity contribution in [3.8, 4) is 5.69 Å². The van der Waals surface area contributed by atoms with Crippen molar-refractivity contribution in [2.24, 2.45) is 0 Å². The van der Waals surface area contributed by atoms with Crippen LogP contribution in [0.3, 0.4) is 0 Å². The average molecular weight is 373 g/mol. The number of aromatic nitrogens is 4. The molecule has 2 aromatic carbocycles. The van der Waals surface area contributed by atoms with E-state index in [4.69, 9.17) is 4.98 Å². The van der Waals surface area contributed by atoms with Crippen molar-refractivity contribution >= 4 is 16.7 Å². The number of hydrogen-bond acceptors (Lipinski definition) is 4. The van der Waals surface area contributed by atoms with E-state index in [9.17, 15) is 4.79 Å². The molecule has 1 N–H and O–H groups in total. The molecule has 0 fully saturated rings. The number of nitrogens with zero attached hydrogens (tertiary/aromatic N) is 4. The number of hydrogen-bond donors (Lipinski definition) is 1. The van der Waals surface area contributed by atoms with Crippen molar-refractivity contribution in [3.05, 3.63) is 82.5 Å². The maximum absolute atomic E-state index is 12.6. The summed E-state index contributed by atoms with van der Waals surface area (Å²) in [5.41, 5.74) is 3.60. The van der Waals surface area contributed by atoms with E-state index in [1.165, 1.54) is 5.56 Å². The molecule has 2 aromatic heterocycles. The summed E-state index contributed by atoms with van der Waals surface area (Å²) >= 11 is 0. The van der Waals surface area contributed by atoms with Gasteiger partial charge in [0.05, 0.1) is 18.4 Å². The fourth-order valence-corrected chi connectivity index (χ4v) is 3.39. The van der Waals surface area contributed by atoms with Gasteiger partial charge in [0, 0.05) is 11.7 Å². The summed E-state index contributed by atoms with van der Waals surface area (Å²) in [5.74, 6) is 0.618. The third-order valence-corrected chi connectivity index (χ3v) is 4.86. The van der Waals surface area contributed by atoms with Gasteiger partial charge in [0.15, 0.2) is 5.65 Å². The molecule has 0 unspecified atom stereocenters. The minimum Gasteiger partial charge on any atom is -0.361 e. The highest BCUT2D eigenvalue weighted by molar-refractivity contribution is 5.75. The summed E-state index contributed by atoms with van der Waals surface area (Å²) in [6.07, 6.45) is 1.57. The molecule has 28 heavy (non-hydrogen) atoms. The zero-order valence-electron chi connectivity index (χ0n) is 16.3. The number of rotatable bonds is 5. The second-order valence-electron chi connectivity index (χ2n) is 7.15. The predicted molar refractivity (Wildman–Crippen MR) is 112 cm³/mol. The largest absolute Gasteiger partial charge is 0.361 e. The van der Waals surface area contributed by atoms with Crippen LogP contribution in [0.4, 0.5) is 5.69 Å². The highest BCUT2D eigenvalue weighted by Gasteiger charge is 2.17. The molecule has 4 aromatic rings. The van der Waals surface area contributed by atoms with Crippen LogP contribution >= 0.6 is 0 Å². The average Bonchev–Trinajstić information content (AvgIpc) is 3.12. The Morgan fingerprint density at radius 3 is 2.50 bits per heavy atom. The number of aromatic amines is 1. The molecule has 0 radical (unpaired) electrons. The number of H-pyrrole nitrogens is 1. The summed E-state index contributed by atoms with van der Waals surface area (Å²) in [4.78, 5) is 22.6. The molecule has 0 atom stereocenters. The third kappa shape index (κ3) is 3.29. The molecular weight excluding hydrogens is 350 g/mol. The molecule has 6 nitrogen and oxygen atoms in total. The first-order chi connectivity index (χ1) is 13.5. The number of fused-ring (bicyclic) bond motifs is 1. The van der Waals surface area contributed by atoms with Gasteiger partial charge >= 0.3 is 0 Å². The van der Waals surface area contributed by atoms with Gasteiger partial charge in [0.1, 0.15) is 11.2 Å². The minimum absolute atomic E-state index is 0.171. The number of benzene rings is 2. The van der Waals surface area contributed by atoms with Crippen LogP contribution in [-0.2, 0) is 6.54 Å². The van der Waals surface area contributed by atoms with Crippen LogP contribution in [0.25, 0.3) is 16.7 Å². The van der Waals surface area contributed by atoms with E-state index in [1.54, 1.807) is 10.9 Å². The summed E-state index contributed by atoms with van der Waals surface area (Å²) in [7, 11) is 0. The Morgan fingerprint density at radius 2 is 1.79 bits per heavy atom. The van der Waals surface area contributed by atoms with Crippen molar-refractivity contribution in [1.82, 2.24) is 19.7 Å². The van der Waals surface area contributed by atoms with Gasteiger partial charge in [0.2, 0.25) is 0 Å². The summed E-state index contributed by atoms with van der Waals surface area (Å²) in [6.45, 7) is 6.87. The quantitative estimate of drug-likeness (QED) is 0.577. The molecule has 0 saturated heterocycles. The standard InChI is InChI=1S/C22H23N5O/c1-15(2)26(19-12-8-7-9-16(19)3)14-20-24-21-18(22(28)25-20)13-23-27(21)17-10-5-4-6-11-17/h4-13,15H,14H2,1-3H3,(H,24,25,28). The summed E-state index contributed by atoms with van der Waals surface area (Å²) < 4.78 is 1.71. The maximum Gasteiger partial charge on any atom is 0.262 e. The molecule has 0 aliphatic heterocycles. The molecule has 0 aliphatic rings. The van der Waals surface area contributed by atoms with E-state index in [0.29, 0.717) is 23.4 Å². The molecule has 0 saturated carbocycles. The topological polar surface area (TPSA) is 66.8 Å².